The maximum atomic E-state index is 11.1. The van der Waals surface area contributed by atoms with Crippen LogP contribution in [0.2, 0.25) is 5.02 Å². The molecule has 1 aliphatic heterocycles. The Morgan fingerprint density at radius 1 is 1.19 bits per heavy atom. The molecule has 0 saturated heterocycles. The Morgan fingerprint density at radius 2 is 2.00 bits per heavy atom. The van der Waals surface area contributed by atoms with E-state index in [1.54, 1.807) is 18.2 Å². The van der Waals surface area contributed by atoms with Crippen LogP contribution in [0.15, 0.2) is 36.4 Å². The summed E-state index contributed by atoms with van der Waals surface area (Å²) in [6.07, 6.45) is 0. The lowest BCUT2D eigenvalue weighted by Crippen LogP contribution is -2.11. The van der Waals surface area contributed by atoms with E-state index in [0.29, 0.717) is 17.1 Å². The lowest BCUT2D eigenvalue weighted by atomic mass is 10.1. The number of anilines is 1. The summed E-state index contributed by atoms with van der Waals surface area (Å²) in [4.78, 5) is 11.1. The highest BCUT2D eigenvalue weighted by Crippen LogP contribution is 2.34. The van der Waals surface area contributed by atoms with Gasteiger partial charge in [-0.2, -0.15) is 0 Å². The van der Waals surface area contributed by atoms with Crippen LogP contribution >= 0.6 is 11.6 Å². The van der Waals surface area contributed by atoms with Crippen molar-refractivity contribution in [3.63, 3.8) is 0 Å². The molecule has 1 heterocycles. The molecule has 0 bridgehead atoms. The van der Waals surface area contributed by atoms with Gasteiger partial charge in [0.2, 0.25) is 12.7 Å². The van der Waals surface area contributed by atoms with Crippen LogP contribution in [0.25, 0.3) is 0 Å². The largest absolute Gasteiger partial charge is 0.454 e. The number of benzene rings is 2. The smallest absolute Gasteiger partial charge is 0.248 e. The van der Waals surface area contributed by atoms with Crippen LogP contribution in [0.1, 0.15) is 15.9 Å². The van der Waals surface area contributed by atoms with Crippen molar-refractivity contribution in [2.75, 3.05) is 12.1 Å². The average molecular weight is 305 g/mol. The number of rotatable bonds is 4. The molecule has 1 amide bonds. The summed E-state index contributed by atoms with van der Waals surface area (Å²) in [6.45, 7) is 0.775. The molecule has 21 heavy (non-hydrogen) atoms. The van der Waals surface area contributed by atoms with Gasteiger partial charge in [0, 0.05) is 28.9 Å². The monoisotopic (exact) mass is 304 g/mol. The van der Waals surface area contributed by atoms with Crippen LogP contribution in [-0.2, 0) is 6.54 Å². The van der Waals surface area contributed by atoms with Crippen molar-refractivity contribution in [1.82, 2.24) is 0 Å². The molecule has 0 unspecified atom stereocenters. The molecule has 0 spiro atoms. The summed E-state index contributed by atoms with van der Waals surface area (Å²) in [7, 11) is 0. The molecular weight excluding hydrogens is 292 g/mol. The van der Waals surface area contributed by atoms with Gasteiger partial charge < -0.3 is 20.5 Å². The molecule has 0 aromatic heterocycles. The van der Waals surface area contributed by atoms with E-state index in [2.05, 4.69) is 5.32 Å². The van der Waals surface area contributed by atoms with Gasteiger partial charge in [0.15, 0.2) is 11.5 Å². The summed E-state index contributed by atoms with van der Waals surface area (Å²) in [6, 6.07) is 10.6. The Bertz CT molecular complexity index is 703. The molecule has 2 aromatic carbocycles. The van der Waals surface area contributed by atoms with Gasteiger partial charge in [0.05, 0.1) is 0 Å². The summed E-state index contributed by atoms with van der Waals surface area (Å²) in [5.41, 5.74) is 7.38. The summed E-state index contributed by atoms with van der Waals surface area (Å²) >= 11 is 6.14. The molecule has 2 aromatic rings. The normalized spacial score (nSPS) is 12.2. The molecule has 0 radical (unpaired) electrons. The van der Waals surface area contributed by atoms with E-state index >= 15 is 0 Å². The number of ether oxygens (including phenoxy) is 2. The van der Waals surface area contributed by atoms with Crippen LogP contribution in [0.3, 0.4) is 0 Å². The molecule has 1 aliphatic rings. The van der Waals surface area contributed by atoms with Crippen LogP contribution < -0.4 is 20.5 Å². The van der Waals surface area contributed by atoms with Gasteiger partial charge in [-0.3, -0.25) is 4.79 Å². The molecule has 3 rings (SSSR count). The zero-order chi connectivity index (χ0) is 14.8. The number of carbonyl (C=O) groups is 1. The number of primary amides is 1. The topological polar surface area (TPSA) is 73.6 Å². The van der Waals surface area contributed by atoms with Crippen molar-refractivity contribution in [1.29, 1.82) is 0 Å². The van der Waals surface area contributed by atoms with Crippen LogP contribution in [-0.4, -0.2) is 12.7 Å². The Hall–Kier alpha value is -2.40. The maximum Gasteiger partial charge on any atom is 0.248 e. The van der Waals surface area contributed by atoms with Gasteiger partial charge in [-0.05, 0) is 29.8 Å². The lowest BCUT2D eigenvalue weighted by Gasteiger charge is -2.09. The first-order chi connectivity index (χ1) is 10.1. The first-order valence-electron chi connectivity index (χ1n) is 6.35. The quantitative estimate of drug-likeness (QED) is 0.911. The summed E-state index contributed by atoms with van der Waals surface area (Å²) in [5.74, 6) is 0.965. The number of amides is 1. The van der Waals surface area contributed by atoms with E-state index in [-0.39, 0.29) is 6.79 Å². The lowest BCUT2D eigenvalue weighted by molar-refractivity contribution is 0.100. The van der Waals surface area contributed by atoms with Crippen LogP contribution in [0.4, 0.5) is 5.69 Å². The van der Waals surface area contributed by atoms with Gasteiger partial charge in [-0.25, -0.2) is 0 Å². The molecule has 5 nitrogen and oxygen atoms in total. The second-order valence-corrected chi connectivity index (χ2v) is 5.00. The highest BCUT2D eigenvalue weighted by atomic mass is 35.5. The van der Waals surface area contributed by atoms with Crippen molar-refractivity contribution < 1.29 is 14.3 Å². The second kappa shape index (κ2) is 5.54. The maximum absolute atomic E-state index is 11.1. The summed E-state index contributed by atoms with van der Waals surface area (Å²) in [5, 5.41) is 3.74. The number of nitrogens with two attached hydrogens (primary N) is 1. The van der Waals surface area contributed by atoms with Crippen LogP contribution in [0, 0.1) is 0 Å². The van der Waals surface area contributed by atoms with Gasteiger partial charge in [0.25, 0.3) is 0 Å². The fourth-order valence-electron chi connectivity index (χ4n) is 2.05. The molecule has 6 heteroatoms. The molecule has 0 aliphatic carbocycles. The highest BCUT2D eigenvalue weighted by Gasteiger charge is 2.13. The van der Waals surface area contributed by atoms with Crippen molar-refractivity contribution >= 4 is 23.2 Å². The van der Waals surface area contributed by atoms with Gasteiger partial charge in [0.1, 0.15) is 0 Å². The third kappa shape index (κ3) is 2.87. The minimum absolute atomic E-state index is 0.249. The van der Waals surface area contributed by atoms with Gasteiger partial charge in [-0.15, -0.1) is 0 Å². The number of carbonyl (C=O) groups excluding carboxylic acids is 1. The van der Waals surface area contributed by atoms with Gasteiger partial charge in [-0.1, -0.05) is 17.7 Å². The van der Waals surface area contributed by atoms with E-state index in [9.17, 15) is 4.79 Å². The van der Waals surface area contributed by atoms with E-state index in [1.807, 2.05) is 18.2 Å². The number of hydrogen-bond acceptors (Lipinski definition) is 4. The van der Waals surface area contributed by atoms with E-state index < -0.39 is 5.91 Å². The molecule has 108 valence electrons. The fraction of sp³-hybridized carbons (Fsp3) is 0.133. The van der Waals surface area contributed by atoms with E-state index in [0.717, 1.165) is 22.7 Å². The third-order valence-corrected chi connectivity index (χ3v) is 3.54. The second-order valence-electron chi connectivity index (χ2n) is 4.59. The predicted octanol–water partition coefficient (Wildman–Crippen LogP) is 2.78. The Balaban J connectivity index is 1.71. The standard InChI is InChI=1S/C15H13ClN2O3/c16-12-5-9(15(17)19)1-2-10(12)7-18-11-3-4-13-14(6-11)21-8-20-13/h1-6,18H,7-8H2,(H2,17,19). The fourth-order valence-corrected chi connectivity index (χ4v) is 2.30. The highest BCUT2D eigenvalue weighted by molar-refractivity contribution is 6.31. The van der Waals surface area contributed by atoms with Crippen molar-refractivity contribution in [2.45, 2.75) is 6.54 Å². The molecule has 0 atom stereocenters. The first-order valence-corrected chi connectivity index (χ1v) is 6.73. The number of fused-ring (bicyclic) bond motifs is 1. The Morgan fingerprint density at radius 3 is 2.76 bits per heavy atom. The van der Waals surface area contributed by atoms with Crippen molar-refractivity contribution in [3.05, 3.63) is 52.5 Å². The zero-order valence-corrected chi connectivity index (χ0v) is 11.8. The summed E-state index contributed by atoms with van der Waals surface area (Å²) < 4.78 is 10.6. The molecule has 3 N–H and O–H groups in total. The van der Waals surface area contributed by atoms with Gasteiger partial charge >= 0.3 is 0 Å². The van der Waals surface area contributed by atoms with Crippen molar-refractivity contribution in [3.8, 4) is 11.5 Å². The van der Waals surface area contributed by atoms with Crippen LogP contribution in [0.5, 0.6) is 11.5 Å². The number of hydrogen-bond donors (Lipinski definition) is 2. The minimum atomic E-state index is -0.493. The van der Waals surface area contributed by atoms with Crippen molar-refractivity contribution in [2.24, 2.45) is 5.73 Å². The molecule has 0 saturated carbocycles. The molecule has 0 fully saturated rings. The Labute approximate surface area is 126 Å². The number of nitrogens with one attached hydrogen (secondary N) is 1. The molecular formula is C15H13ClN2O3. The average Bonchev–Trinajstić information content (AvgIpc) is 2.93. The first kappa shape index (κ1) is 13.6. The van der Waals surface area contributed by atoms with E-state index in [4.69, 9.17) is 26.8 Å². The third-order valence-electron chi connectivity index (χ3n) is 3.19. The Kier molecular flexibility index (Phi) is 3.58. The minimum Gasteiger partial charge on any atom is -0.454 e. The SMILES string of the molecule is NC(=O)c1ccc(CNc2ccc3c(c2)OCO3)c(Cl)c1. The zero-order valence-electron chi connectivity index (χ0n) is 11.1. The van der Waals surface area contributed by atoms with E-state index in [1.165, 1.54) is 0 Å². The predicted molar refractivity (Wildman–Crippen MR) is 79.9 cm³/mol. The number of halogens is 1.